The molecule has 0 aliphatic heterocycles. The Morgan fingerprint density at radius 2 is 0.680 bits per heavy atom. The van der Waals surface area contributed by atoms with Crippen LogP contribution >= 0.6 is 0 Å². The van der Waals surface area contributed by atoms with Gasteiger partial charge >= 0.3 is 7.32 Å². The molecule has 0 atom stereocenters. The van der Waals surface area contributed by atoms with Gasteiger partial charge in [-0.15, -0.1) is 0 Å². The number of aromatic hydroxyl groups is 3. The number of rotatable bonds is 6. The lowest BCUT2D eigenvalue weighted by Gasteiger charge is -2.16. The molecule has 0 saturated carbocycles. The van der Waals surface area contributed by atoms with Crippen LogP contribution in [0.4, 0.5) is 0 Å². The fraction of sp³-hybridized carbons (Fsp3) is 0. The molecule has 0 radical (unpaired) electrons. The Balaban J connectivity index is 1.77. The zero-order chi connectivity index (χ0) is 17.6. The van der Waals surface area contributed by atoms with E-state index in [1.807, 2.05) is 0 Å². The Kier molecular flexibility index (Phi) is 4.85. The average molecular weight is 338 g/mol. The quantitative estimate of drug-likeness (QED) is 0.598. The summed E-state index contributed by atoms with van der Waals surface area (Å²) in [5, 5.41) is 28.0. The molecule has 0 amide bonds. The molecule has 0 saturated heterocycles. The van der Waals surface area contributed by atoms with Gasteiger partial charge in [0.15, 0.2) is 0 Å². The summed E-state index contributed by atoms with van der Waals surface area (Å²) in [6, 6.07) is 18.3. The van der Waals surface area contributed by atoms with Gasteiger partial charge in [-0.2, -0.15) is 0 Å². The molecule has 0 spiro atoms. The first-order valence-corrected chi connectivity index (χ1v) is 7.45. The van der Waals surface area contributed by atoms with Crippen molar-refractivity contribution in [3.05, 3.63) is 72.8 Å². The zero-order valence-corrected chi connectivity index (χ0v) is 13.1. The van der Waals surface area contributed by atoms with E-state index in [1.54, 1.807) is 36.4 Å². The molecule has 126 valence electrons. The Bertz CT molecular complexity index is 690. The highest BCUT2D eigenvalue weighted by atomic mass is 16.7. The van der Waals surface area contributed by atoms with Crippen molar-refractivity contribution in [2.45, 2.75) is 0 Å². The van der Waals surface area contributed by atoms with Crippen LogP contribution < -0.4 is 14.0 Å². The monoisotopic (exact) mass is 338 g/mol. The average Bonchev–Trinajstić information content (AvgIpc) is 2.61. The molecule has 7 heteroatoms. The van der Waals surface area contributed by atoms with Crippen LogP contribution in [0.25, 0.3) is 0 Å². The van der Waals surface area contributed by atoms with Gasteiger partial charge in [-0.1, -0.05) is 0 Å². The van der Waals surface area contributed by atoms with Gasteiger partial charge in [0, 0.05) is 0 Å². The molecule has 0 aliphatic carbocycles. The number of benzene rings is 3. The van der Waals surface area contributed by atoms with Crippen LogP contribution in [0.1, 0.15) is 0 Å². The third-order valence-corrected chi connectivity index (χ3v) is 3.21. The third-order valence-electron chi connectivity index (χ3n) is 3.21. The van der Waals surface area contributed by atoms with E-state index in [0.717, 1.165) is 0 Å². The Morgan fingerprint density at radius 3 is 0.920 bits per heavy atom. The smallest absolute Gasteiger partial charge is 0.508 e. The Morgan fingerprint density at radius 1 is 0.440 bits per heavy atom. The molecule has 3 rings (SSSR count). The summed E-state index contributed by atoms with van der Waals surface area (Å²) in [5.74, 6) is 1.63. The number of hydrogen-bond donors (Lipinski definition) is 3. The highest BCUT2D eigenvalue weighted by Crippen LogP contribution is 2.22. The minimum Gasteiger partial charge on any atom is -0.508 e. The van der Waals surface area contributed by atoms with Crippen molar-refractivity contribution < 1.29 is 29.3 Å². The van der Waals surface area contributed by atoms with Gasteiger partial charge in [0.25, 0.3) is 0 Å². The summed E-state index contributed by atoms with van der Waals surface area (Å²) in [4.78, 5) is 0. The van der Waals surface area contributed by atoms with E-state index in [-0.39, 0.29) is 17.2 Å². The lowest BCUT2D eigenvalue weighted by atomic mass is 10.2. The summed E-state index contributed by atoms with van der Waals surface area (Å²) in [6.45, 7) is 0. The van der Waals surface area contributed by atoms with E-state index in [0.29, 0.717) is 17.2 Å². The van der Waals surface area contributed by atoms with Crippen LogP contribution in [0.2, 0.25) is 0 Å². The molecule has 0 heterocycles. The largest absolute Gasteiger partial charge is 0.864 e. The van der Waals surface area contributed by atoms with E-state index in [4.69, 9.17) is 14.0 Å². The molecule has 0 fully saturated rings. The molecule has 0 unspecified atom stereocenters. The minimum absolute atomic E-state index is 0.114. The normalized spacial score (nSPS) is 10.1. The molecule has 6 nitrogen and oxygen atoms in total. The van der Waals surface area contributed by atoms with Crippen molar-refractivity contribution in [1.82, 2.24) is 0 Å². The number of hydrogen-bond acceptors (Lipinski definition) is 6. The first-order chi connectivity index (χ1) is 12.1. The standard InChI is InChI=1S/C18H15BO6/c20-13-1-7-16(8-2-13)23-19(24-17-9-3-14(21)4-10-17)25-18-11-5-15(22)6-12-18/h1-12,20-22H. The third kappa shape index (κ3) is 4.75. The lowest BCUT2D eigenvalue weighted by Crippen LogP contribution is -2.36. The molecular formula is C18H15BO6. The van der Waals surface area contributed by atoms with Crippen molar-refractivity contribution >= 4 is 7.32 Å². The summed E-state index contributed by atoms with van der Waals surface area (Å²) in [5.41, 5.74) is 0. The summed E-state index contributed by atoms with van der Waals surface area (Å²) in [6.07, 6.45) is 0. The summed E-state index contributed by atoms with van der Waals surface area (Å²) < 4.78 is 17.0. The molecular weight excluding hydrogens is 323 g/mol. The molecule has 0 aromatic heterocycles. The van der Waals surface area contributed by atoms with Crippen LogP contribution in [0.3, 0.4) is 0 Å². The second-order valence-corrected chi connectivity index (χ2v) is 5.12. The van der Waals surface area contributed by atoms with Gasteiger partial charge in [-0.3, -0.25) is 0 Å². The number of phenols is 3. The zero-order valence-electron chi connectivity index (χ0n) is 13.1. The van der Waals surface area contributed by atoms with Crippen LogP contribution in [0.15, 0.2) is 72.8 Å². The van der Waals surface area contributed by atoms with Crippen molar-refractivity contribution in [3.8, 4) is 34.5 Å². The van der Waals surface area contributed by atoms with Crippen molar-refractivity contribution in [1.29, 1.82) is 0 Å². The van der Waals surface area contributed by atoms with Crippen LogP contribution in [-0.2, 0) is 0 Å². The fourth-order valence-corrected chi connectivity index (χ4v) is 1.98. The first kappa shape index (κ1) is 16.4. The first-order valence-electron chi connectivity index (χ1n) is 7.45. The van der Waals surface area contributed by atoms with Gasteiger partial charge in [0.2, 0.25) is 0 Å². The van der Waals surface area contributed by atoms with Crippen LogP contribution in [0, 0.1) is 0 Å². The highest BCUT2D eigenvalue weighted by Gasteiger charge is 2.30. The van der Waals surface area contributed by atoms with Crippen molar-refractivity contribution in [3.63, 3.8) is 0 Å². The van der Waals surface area contributed by atoms with E-state index in [1.165, 1.54) is 36.4 Å². The fourth-order valence-electron chi connectivity index (χ4n) is 1.98. The van der Waals surface area contributed by atoms with E-state index < -0.39 is 7.32 Å². The maximum Gasteiger partial charge on any atom is 0.864 e. The van der Waals surface area contributed by atoms with E-state index in [9.17, 15) is 15.3 Å². The molecule has 0 bridgehead atoms. The predicted molar refractivity (Wildman–Crippen MR) is 92.0 cm³/mol. The van der Waals surface area contributed by atoms with Gasteiger partial charge in [-0.05, 0) is 72.8 Å². The molecule has 3 aromatic carbocycles. The van der Waals surface area contributed by atoms with Crippen LogP contribution in [-0.4, -0.2) is 22.6 Å². The van der Waals surface area contributed by atoms with Gasteiger partial charge < -0.3 is 29.3 Å². The molecule has 25 heavy (non-hydrogen) atoms. The Labute approximate surface area is 144 Å². The van der Waals surface area contributed by atoms with Crippen LogP contribution in [0.5, 0.6) is 34.5 Å². The second-order valence-electron chi connectivity index (χ2n) is 5.12. The number of phenolic OH excluding ortho intramolecular Hbond substituents is 3. The Hall–Kier alpha value is -3.48. The highest BCUT2D eigenvalue weighted by molar-refractivity contribution is 6.39. The maximum absolute atomic E-state index is 9.35. The van der Waals surface area contributed by atoms with Gasteiger partial charge in [-0.25, -0.2) is 0 Å². The molecule has 3 N–H and O–H groups in total. The predicted octanol–water partition coefficient (Wildman–Crippen LogP) is 3.33. The summed E-state index contributed by atoms with van der Waals surface area (Å²) >= 11 is 0. The minimum atomic E-state index is -1.13. The van der Waals surface area contributed by atoms with Crippen molar-refractivity contribution in [2.75, 3.05) is 0 Å². The second kappa shape index (κ2) is 7.40. The van der Waals surface area contributed by atoms with E-state index in [2.05, 4.69) is 0 Å². The molecule has 3 aromatic rings. The maximum atomic E-state index is 9.35. The lowest BCUT2D eigenvalue weighted by molar-refractivity contribution is 0.306. The summed E-state index contributed by atoms with van der Waals surface area (Å²) in [7, 11) is -1.13. The van der Waals surface area contributed by atoms with Gasteiger partial charge in [0.05, 0.1) is 0 Å². The van der Waals surface area contributed by atoms with E-state index >= 15 is 0 Å². The SMILES string of the molecule is Oc1ccc(OB(Oc2ccc(O)cc2)Oc2ccc(O)cc2)cc1. The topological polar surface area (TPSA) is 88.4 Å². The van der Waals surface area contributed by atoms with Crippen molar-refractivity contribution in [2.24, 2.45) is 0 Å². The molecule has 0 aliphatic rings. The van der Waals surface area contributed by atoms with Gasteiger partial charge in [0.1, 0.15) is 34.5 Å².